The molecule has 1 aromatic rings. The van der Waals surface area contributed by atoms with Crippen LogP contribution in [-0.2, 0) is 9.84 Å². The van der Waals surface area contributed by atoms with Crippen molar-refractivity contribution in [3.05, 3.63) is 23.8 Å². The smallest absolute Gasteiger partial charge is 0.335 e. The summed E-state index contributed by atoms with van der Waals surface area (Å²) < 4.78 is 32.5. The van der Waals surface area contributed by atoms with Gasteiger partial charge in [-0.15, -0.1) is 0 Å². The summed E-state index contributed by atoms with van der Waals surface area (Å²) in [7, 11) is -1.56. The van der Waals surface area contributed by atoms with E-state index in [9.17, 15) is 13.2 Å². The first kappa shape index (κ1) is 12.7. The average Bonchev–Trinajstić information content (AvgIpc) is 2.26. The SMILES string of the molecule is COc1cc(C(=O)O)ccc1OC1CS(=O)(=O)C1. The molecule has 18 heavy (non-hydrogen) atoms. The zero-order valence-electron chi connectivity index (χ0n) is 9.62. The van der Waals surface area contributed by atoms with Gasteiger partial charge in [0, 0.05) is 0 Å². The molecule has 1 saturated heterocycles. The first-order chi connectivity index (χ1) is 8.41. The molecule has 6 nitrogen and oxygen atoms in total. The molecular formula is C11H12O6S. The molecule has 1 heterocycles. The van der Waals surface area contributed by atoms with E-state index >= 15 is 0 Å². The van der Waals surface area contributed by atoms with Crippen LogP contribution in [0.1, 0.15) is 10.4 Å². The van der Waals surface area contributed by atoms with Gasteiger partial charge in [-0.1, -0.05) is 0 Å². The number of sulfone groups is 1. The van der Waals surface area contributed by atoms with Crippen molar-refractivity contribution in [2.24, 2.45) is 0 Å². The lowest BCUT2D eigenvalue weighted by atomic mass is 10.2. The number of hydrogen-bond acceptors (Lipinski definition) is 5. The predicted octanol–water partition coefficient (Wildman–Crippen LogP) is 0.569. The van der Waals surface area contributed by atoms with Crippen molar-refractivity contribution in [3.63, 3.8) is 0 Å². The van der Waals surface area contributed by atoms with Crippen LogP contribution in [0.5, 0.6) is 11.5 Å². The molecule has 0 aromatic heterocycles. The van der Waals surface area contributed by atoms with Gasteiger partial charge in [-0.3, -0.25) is 0 Å². The molecule has 1 aliphatic heterocycles. The molecule has 7 heteroatoms. The lowest BCUT2D eigenvalue weighted by Crippen LogP contribution is -2.45. The molecule has 0 atom stereocenters. The Morgan fingerprint density at radius 3 is 2.50 bits per heavy atom. The van der Waals surface area contributed by atoms with Crippen molar-refractivity contribution in [2.45, 2.75) is 6.10 Å². The maximum Gasteiger partial charge on any atom is 0.335 e. The normalized spacial score (nSPS) is 17.8. The zero-order valence-corrected chi connectivity index (χ0v) is 10.4. The number of carboxylic acids is 1. The Morgan fingerprint density at radius 1 is 1.33 bits per heavy atom. The third kappa shape index (κ3) is 2.56. The third-order valence-corrected chi connectivity index (χ3v) is 4.34. The third-order valence-electron chi connectivity index (χ3n) is 2.58. The summed E-state index contributed by atoms with van der Waals surface area (Å²) in [5, 5.41) is 8.83. The molecule has 0 spiro atoms. The highest BCUT2D eigenvalue weighted by atomic mass is 32.2. The van der Waals surface area contributed by atoms with Crippen molar-refractivity contribution in [2.75, 3.05) is 18.6 Å². The van der Waals surface area contributed by atoms with Crippen molar-refractivity contribution in [1.82, 2.24) is 0 Å². The van der Waals surface area contributed by atoms with Crippen LogP contribution in [0.4, 0.5) is 0 Å². The molecule has 2 rings (SSSR count). The minimum absolute atomic E-state index is 0.0170. The maximum absolute atomic E-state index is 11.0. The summed E-state index contributed by atoms with van der Waals surface area (Å²) in [6.45, 7) is 0. The highest BCUT2D eigenvalue weighted by Crippen LogP contribution is 2.30. The molecule has 0 radical (unpaired) electrons. The summed E-state index contributed by atoms with van der Waals surface area (Å²) in [4.78, 5) is 10.8. The number of rotatable bonds is 4. The lowest BCUT2D eigenvalue weighted by molar-refractivity contribution is 0.0696. The van der Waals surface area contributed by atoms with Gasteiger partial charge < -0.3 is 14.6 Å². The monoisotopic (exact) mass is 272 g/mol. The highest BCUT2D eigenvalue weighted by molar-refractivity contribution is 7.92. The van der Waals surface area contributed by atoms with Gasteiger partial charge >= 0.3 is 5.97 Å². The Morgan fingerprint density at radius 2 is 2.00 bits per heavy atom. The van der Waals surface area contributed by atoms with Gasteiger partial charge in [0.05, 0.1) is 24.2 Å². The van der Waals surface area contributed by atoms with Gasteiger partial charge in [0.2, 0.25) is 0 Å². The van der Waals surface area contributed by atoms with Crippen LogP contribution in [0.25, 0.3) is 0 Å². The number of ether oxygens (including phenoxy) is 2. The predicted molar refractivity (Wildman–Crippen MR) is 63.0 cm³/mol. The lowest BCUT2D eigenvalue weighted by Gasteiger charge is -2.27. The number of carboxylic acid groups (broad SMARTS) is 1. The maximum atomic E-state index is 11.0. The fourth-order valence-electron chi connectivity index (χ4n) is 1.66. The number of hydrogen-bond donors (Lipinski definition) is 1. The van der Waals surface area contributed by atoms with Gasteiger partial charge in [0.15, 0.2) is 21.3 Å². The standard InChI is InChI=1S/C11H12O6S/c1-16-10-4-7(11(12)13)2-3-9(10)17-8-5-18(14,15)6-8/h2-4,8H,5-6H2,1H3,(H,12,13). The van der Waals surface area contributed by atoms with Crippen LogP contribution < -0.4 is 9.47 Å². The van der Waals surface area contributed by atoms with Crippen molar-refractivity contribution in [1.29, 1.82) is 0 Å². The molecule has 1 N–H and O–H groups in total. The summed E-state index contributed by atoms with van der Waals surface area (Å²) in [6.07, 6.45) is -0.389. The summed E-state index contributed by atoms with van der Waals surface area (Å²) in [6, 6.07) is 4.19. The van der Waals surface area contributed by atoms with Gasteiger partial charge in [-0.2, -0.15) is 0 Å². The van der Waals surface area contributed by atoms with E-state index in [1.165, 1.54) is 25.3 Å². The van der Waals surface area contributed by atoms with E-state index in [0.29, 0.717) is 5.75 Å². The molecule has 98 valence electrons. The van der Waals surface area contributed by atoms with Crippen molar-refractivity contribution < 1.29 is 27.8 Å². The Kier molecular flexibility index (Phi) is 3.16. The van der Waals surface area contributed by atoms with E-state index in [1.54, 1.807) is 0 Å². The minimum Gasteiger partial charge on any atom is -0.493 e. The number of benzene rings is 1. The zero-order chi connectivity index (χ0) is 13.3. The molecule has 1 fully saturated rings. The molecule has 1 aromatic carbocycles. The van der Waals surface area contributed by atoms with E-state index in [4.69, 9.17) is 14.6 Å². The van der Waals surface area contributed by atoms with Crippen LogP contribution in [0.15, 0.2) is 18.2 Å². The molecule has 0 saturated carbocycles. The summed E-state index contributed by atoms with van der Waals surface area (Å²) >= 11 is 0. The van der Waals surface area contributed by atoms with E-state index in [2.05, 4.69) is 0 Å². The fraction of sp³-hybridized carbons (Fsp3) is 0.364. The summed E-state index contributed by atoms with van der Waals surface area (Å²) in [5.41, 5.74) is 0.0837. The van der Waals surface area contributed by atoms with Crippen molar-refractivity contribution in [3.8, 4) is 11.5 Å². The Balaban J connectivity index is 2.16. The van der Waals surface area contributed by atoms with Gasteiger partial charge in [0.25, 0.3) is 0 Å². The number of aromatic carboxylic acids is 1. The van der Waals surface area contributed by atoms with E-state index in [1.807, 2.05) is 0 Å². The second kappa shape index (κ2) is 4.49. The van der Waals surface area contributed by atoms with Crippen LogP contribution >= 0.6 is 0 Å². The largest absolute Gasteiger partial charge is 0.493 e. The van der Waals surface area contributed by atoms with E-state index < -0.39 is 15.8 Å². The summed E-state index contributed by atoms with van der Waals surface area (Å²) in [5.74, 6) is -0.471. The highest BCUT2D eigenvalue weighted by Gasteiger charge is 2.35. The van der Waals surface area contributed by atoms with Gasteiger partial charge in [-0.25, -0.2) is 13.2 Å². The minimum atomic E-state index is -2.95. The Hall–Kier alpha value is -1.76. The Labute approximate surface area is 104 Å². The molecule has 0 amide bonds. The van der Waals surface area contributed by atoms with Crippen LogP contribution in [0, 0.1) is 0 Å². The first-order valence-corrected chi connectivity index (χ1v) is 7.02. The molecule has 1 aliphatic rings. The molecule has 0 unspecified atom stereocenters. The van der Waals surface area contributed by atoms with E-state index in [0.717, 1.165) is 0 Å². The second-order valence-electron chi connectivity index (χ2n) is 3.99. The fourth-order valence-corrected chi connectivity index (χ4v) is 2.83. The number of carbonyl (C=O) groups is 1. The van der Waals surface area contributed by atoms with Crippen molar-refractivity contribution >= 4 is 15.8 Å². The molecular weight excluding hydrogens is 260 g/mol. The quantitative estimate of drug-likeness (QED) is 0.861. The average molecular weight is 272 g/mol. The van der Waals surface area contributed by atoms with Gasteiger partial charge in [-0.05, 0) is 18.2 Å². The first-order valence-electron chi connectivity index (χ1n) is 5.20. The second-order valence-corrected chi connectivity index (χ2v) is 6.14. The van der Waals surface area contributed by atoms with E-state index in [-0.39, 0.29) is 28.9 Å². The Bertz CT molecular complexity index is 565. The van der Waals surface area contributed by atoms with Crippen LogP contribution in [0.2, 0.25) is 0 Å². The molecule has 0 bridgehead atoms. The van der Waals surface area contributed by atoms with Crippen LogP contribution in [0.3, 0.4) is 0 Å². The topological polar surface area (TPSA) is 89.9 Å². The molecule has 0 aliphatic carbocycles. The van der Waals surface area contributed by atoms with Gasteiger partial charge in [0.1, 0.15) is 6.10 Å². The van der Waals surface area contributed by atoms with Crippen LogP contribution in [-0.4, -0.2) is 44.2 Å². The number of methoxy groups -OCH3 is 1.